The van der Waals surface area contributed by atoms with Gasteiger partial charge in [-0.15, -0.1) is 0 Å². The number of oxazole rings is 1. The highest BCUT2D eigenvalue weighted by Gasteiger charge is 2.20. The van der Waals surface area contributed by atoms with Crippen LogP contribution in [0.25, 0.3) is 11.1 Å². The number of nitrogens with one attached hydrogen (secondary N) is 1. The van der Waals surface area contributed by atoms with Crippen molar-refractivity contribution in [2.45, 2.75) is 29.1 Å². The maximum atomic E-state index is 12.2. The van der Waals surface area contributed by atoms with Crippen LogP contribution in [0.5, 0.6) is 0 Å². The van der Waals surface area contributed by atoms with E-state index in [9.17, 15) is 13.2 Å². The standard InChI is InChI=1S/C16H21N3O5S2/c1-19(2)26(21,22)12-5-6-14-13(8-12)18-16(24-14)25-10-15(20)17-9-11-4-3-7-23-11/h5-6,8,11H,3-4,7,9-10H2,1-2H3,(H,17,20)/t11-/m1/s1. The Bertz CT molecular complexity index is 888. The van der Waals surface area contributed by atoms with E-state index in [0.717, 1.165) is 23.8 Å². The van der Waals surface area contributed by atoms with Crippen molar-refractivity contribution in [1.82, 2.24) is 14.6 Å². The molecule has 1 amide bonds. The van der Waals surface area contributed by atoms with Crippen molar-refractivity contribution in [1.29, 1.82) is 0 Å². The maximum Gasteiger partial charge on any atom is 0.257 e. The molecule has 0 spiro atoms. The molecule has 1 aromatic carbocycles. The van der Waals surface area contributed by atoms with Crippen molar-refractivity contribution in [3.05, 3.63) is 18.2 Å². The molecule has 2 heterocycles. The van der Waals surface area contributed by atoms with Crippen molar-refractivity contribution in [2.75, 3.05) is 33.0 Å². The highest BCUT2D eigenvalue weighted by molar-refractivity contribution is 7.99. The fourth-order valence-corrected chi connectivity index (χ4v) is 4.12. The molecular formula is C16H21N3O5S2. The first-order valence-electron chi connectivity index (χ1n) is 8.20. The van der Waals surface area contributed by atoms with Gasteiger partial charge in [0.15, 0.2) is 5.58 Å². The molecule has 0 radical (unpaired) electrons. The Morgan fingerprint density at radius 1 is 1.42 bits per heavy atom. The summed E-state index contributed by atoms with van der Waals surface area (Å²) in [6.45, 7) is 1.27. The van der Waals surface area contributed by atoms with Crippen LogP contribution in [0.15, 0.2) is 32.7 Å². The summed E-state index contributed by atoms with van der Waals surface area (Å²) in [4.78, 5) is 16.3. The SMILES string of the molecule is CN(C)S(=O)(=O)c1ccc2oc(SCC(=O)NC[C@H]3CCCO3)nc2c1. The molecule has 0 saturated carbocycles. The van der Waals surface area contributed by atoms with Gasteiger partial charge in [-0.05, 0) is 31.0 Å². The van der Waals surface area contributed by atoms with Gasteiger partial charge in [0.25, 0.3) is 5.22 Å². The van der Waals surface area contributed by atoms with Gasteiger partial charge in [0.2, 0.25) is 15.9 Å². The Balaban J connectivity index is 1.61. The van der Waals surface area contributed by atoms with Crippen molar-refractivity contribution in [2.24, 2.45) is 0 Å². The highest BCUT2D eigenvalue weighted by Crippen LogP contribution is 2.26. The number of aromatic nitrogens is 1. The summed E-state index contributed by atoms with van der Waals surface area (Å²) in [7, 11) is -0.589. The molecule has 1 fully saturated rings. The minimum atomic E-state index is -3.53. The first-order valence-corrected chi connectivity index (χ1v) is 10.6. The van der Waals surface area contributed by atoms with Crippen molar-refractivity contribution in [3.8, 4) is 0 Å². The van der Waals surface area contributed by atoms with E-state index >= 15 is 0 Å². The number of ether oxygens (including phenoxy) is 1. The normalized spacial score (nSPS) is 17.9. The fourth-order valence-electron chi connectivity index (χ4n) is 2.53. The van der Waals surface area contributed by atoms with Gasteiger partial charge in [-0.2, -0.15) is 0 Å². The molecule has 8 nitrogen and oxygen atoms in total. The number of thioether (sulfide) groups is 1. The van der Waals surface area contributed by atoms with Crippen LogP contribution in [0.3, 0.4) is 0 Å². The van der Waals surface area contributed by atoms with E-state index in [1.165, 1.54) is 38.0 Å². The molecule has 3 rings (SSSR count). The summed E-state index contributed by atoms with van der Waals surface area (Å²) in [5.74, 6) is 0.0474. The summed E-state index contributed by atoms with van der Waals surface area (Å²) >= 11 is 1.17. The number of amides is 1. The molecule has 2 aromatic rings. The molecule has 10 heteroatoms. The molecule has 1 N–H and O–H groups in total. The number of carbonyl (C=O) groups excluding carboxylic acids is 1. The second-order valence-electron chi connectivity index (χ2n) is 6.12. The maximum absolute atomic E-state index is 12.2. The summed E-state index contributed by atoms with van der Waals surface area (Å²) in [6.07, 6.45) is 2.10. The van der Waals surface area contributed by atoms with Gasteiger partial charge in [0, 0.05) is 27.2 Å². The van der Waals surface area contributed by atoms with Gasteiger partial charge in [0.05, 0.1) is 16.8 Å². The van der Waals surface area contributed by atoms with Gasteiger partial charge >= 0.3 is 0 Å². The predicted molar refractivity (Wildman–Crippen MR) is 97.6 cm³/mol. The molecule has 0 bridgehead atoms. The Morgan fingerprint density at radius 3 is 2.92 bits per heavy atom. The molecule has 1 aromatic heterocycles. The van der Waals surface area contributed by atoms with Gasteiger partial charge in [-0.3, -0.25) is 4.79 Å². The molecular weight excluding hydrogens is 378 g/mol. The summed E-state index contributed by atoms with van der Waals surface area (Å²) in [5, 5.41) is 3.16. The van der Waals surface area contributed by atoms with Crippen LogP contribution < -0.4 is 5.32 Å². The lowest BCUT2D eigenvalue weighted by Gasteiger charge is -2.10. The zero-order valence-electron chi connectivity index (χ0n) is 14.6. The number of nitrogens with zero attached hydrogens (tertiary/aromatic N) is 2. The van der Waals surface area contributed by atoms with E-state index in [1.807, 2.05) is 0 Å². The van der Waals surface area contributed by atoms with Crippen molar-refractivity contribution in [3.63, 3.8) is 0 Å². The van der Waals surface area contributed by atoms with E-state index in [0.29, 0.717) is 22.9 Å². The molecule has 0 unspecified atom stereocenters. The summed E-state index contributed by atoms with van der Waals surface area (Å²) < 4.78 is 36.5. The molecule has 0 aliphatic carbocycles. The van der Waals surface area contributed by atoms with E-state index in [-0.39, 0.29) is 22.7 Å². The molecule has 1 aliphatic heterocycles. The zero-order valence-corrected chi connectivity index (χ0v) is 16.2. The lowest BCUT2D eigenvalue weighted by Crippen LogP contribution is -2.32. The molecule has 26 heavy (non-hydrogen) atoms. The van der Waals surface area contributed by atoms with Gasteiger partial charge < -0.3 is 14.5 Å². The predicted octanol–water partition coefficient (Wildman–Crippen LogP) is 1.47. The Morgan fingerprint density at radius 2 is 2.23 bits per heavy atom. The van der Waals surface area contributed by atoms with Crippen LogP contribution in [0, 0.1) is 0 Å². The minimum absolute atomic E-state index is 0.102. The molecule has 1 atom stereocenters. The van der Waals surface area contributed by atoms with E-state index < -0.39 is 10.0 Å². The van der Waals surface area contributed by atoms with Gasteiger partial charge in [0.1, 0.15) is 5.52 Å². The smallest absolute Gasteiger partial charge is 0.257 e. The van der Waals surface area contributed by atoms with Crippen LogP contribution in [0.4, 0.5) is 0 Å². The third-order valence-corrected chi connectivity index (χ3v) is 6.63. The third kappa shape index (κ3) is 4.37. The number of rotatable bonds is 7. The molecule has 1 saturated heterocycles. The average Bonchev–Trinajstić information content (AvgIpc) is 3.26. The first kappa shape index (κ1) is 19.2. The van der Waals surface area contributed by atoms with Crippen molar-refractivity contribution < 1.29 is 22.4 Å². The quantitative estimate of drug-likeness (QED) is 0.703. The number of fused-ring (bicyclic) bond motifs is 1. The van der Waals surface area contributed by atoms with Crippen molar-refractivity contribution >= 4 is 38.8 Å². The first-order chi connectivity index (χ1) is 12.4. The number of sulfonamides is 1. The number of hydrogen-bond donors (Lipinski definition) is 1. The fraction of sp³-hybridized carbons (Fsp3) is 0.500. The van der Waals surface area contributed by atoms with Gasteiger partial charge in [-0.1, -0.05) is 11.8 Å². The second-order valence-corrected chi connectivity index (χ2v) is 9.20. The lowest BCUT2D eigenvalue weighted by molar-refractivity contribution is -0.119. The van der Waals surface area contributed by atoms with E-state index in [4.69, 9.17) is 9.15 Å². The van der Waals surface area contributed by atoms with Gasteiger partial charge in [-0.25, -0.2) is 17.7 Å². The van der Waals surface area contributed by atoms with E-state index in [2.05, 4.69) is 10.3 Å². The molecule has 1 aliphatic rings. The average molecular weight is 399 g/mol. The zero-order chi connectivity index (χ0) is 18.7. The second kappa shape index (κ2) is 7.95. The summed E-state index contributed by atoms with van der Waals surface area (Å²) in [5.41, 5.74) is 0.917. The van der Waals surface area contributed by atoms with Crippen LogP contribution in [0.2, 0.25) is 0 Å². The topological polar surface area (TPSA) is 102 Å². The van der Waals surface area contributed by atoms with Crippen LogP contribution >= 0.6 is 11.8 Å². The number of carbonyl (C=O) groups is 1. The number of benzene rings is 1. The summed E-state index contributed by atoms with van der Waals surface area (Å²) in [6, 6.07) is 4.52. The third-order valence-electron chi connectivity index (χ3n) is 4.00. The Labute approximate surface area is 156 Å². The number of hydrogen-bond acceptors (Lipinski definition) is 7. The van der Waals surface area contributed by atoms with Crippen LogP contribution in [-0.2, 0) is 19.6 Å². The Hall–Kier alpha value is -1.62. The highest BCUT2D eigenvalue weighted by atomic mass is 32.2. The Kier molecular flexibility index (Phi) is 5.86. The van der Waals surface area contributed by atoms with E-state index in [1.54, 1.807) is 6.07 Å². The van der Waals surface area contributed by atoms with Crippen LogP contribution in [0.1, 0.15) is 12.8 Å². The minimum Gasteiger partial charge on any atom is -0.431 e. The largest absolute Gasteiger partial charge is 0.431 e. The monoisotopic (exact) mass is 399 g/mol. The lowest BCUT2D eigenvalue weighted by atomic mass is 10.2. The van der Waals surface area contributed by atoms with Crippen LogP contribution in [-0.4, -0.2) is 62.7 Å². The molecule has 142 valence electrons.